The summed E-state index contributed by atoms with van der Waals surface area (Å²) in [6, 6.07) is 1.38. The Labute approximate surface area is 183 Å². The standard InChI is InChI=1S/C16H6Cl2F6N8/c17-9-1-7(15(19,20)21)3-25-13(9)31-5-27-11(29-31)12-28-6-32(30-12)14-10(18)2-8(4-26-14)16(22,23)24/h1-6H. The Morgan fingerprint density at radius 1 is 0.625 bits per heavy atom. The Bertz CT molecular complexity index is 1200. The lowest BCUT2D eigenvalue weighted by Crippen LogP contribution is -2.08. The van der Waals surface area contributed by atoms with Crippen LogP contribution in [0.3, 0.4) is 0 Å². The molecule has 166 valence electrons. The Morgan fingerprint density at radius 3 is 1.31 bits per heavy atom. The average molecular weight is 495 g/mol. The van der Waals surface area contributed by atoms with Crippen LogP contribution in [0.5, 0.6) is 0 Å². The van der Waals surface area contributed by atoms with Crippen molar-refractivity contribution in [3.05, 3.63) is 58.4 Å². The second-order valence-electron chi connectivity index (χ2n) is 6.08. The molecular formula is C16H6Cl2F6N8. The first-order valence-electron chi connectivity index (χ1n) is 8.23. The third-order valence-corrected chi connectivity index (χ3v) is 4.47. The van der Waals surface area contributed by atoms with Crippen molar-refractivity contribution in [2.24, 2.45) is 0 Å². The Morgan fingerprint density at radius 2 is 1.00 bits per heavy atom. The molecule has 0 spiro atoms. The fourth-order valence-corrected chi connectivity index (χ4v) is 2.95. The number of halogens is 8. The summed E-state index contributed by atoms with van der Waals surface area (Å²) in [6.07, 6.45) is -5.80. The molecule has 4 rings (SSSR count). The number of rotatable bonds is 3. The summed E-state index contributed by atoms with van der Waals surface area (Å²) >= 11 is 11.8. The average Bonchev–Trinajstić information content (AvgIpc) is 3.36. The van der Waals surface area contributed by atoms with Crippen LogP contribution < -0.4 is 0 Å². The predicted molar refractivity (Wildman–Crippen MR) is 97.3 cm³/mol. The van der Waals surface area contributed by atoms with Crippen molar-refractivity contribution in [2.45, 2.75) is 12.4 Å². The van der Waals surface area contributed by atoms with Crippen molar-refractivity contribution >= 4 is 23.2 Å². The van der Waals surface area contributed by atoms with E-state index in [0.29, 0.717) is 24.5 Å². The van der Waals surface area contributed by atoms with Crippen molar-refractivity contribution in [1.82, 2.24) is 39.5 Å². The van der Waals surface area contributed by atoms with E-state index >= 15 is 0 Å². The van der Waals surface area contributed by atoms with E-state index in [1.807, 2.05) is 0 Å². The van der Waals surface area contributed by atoms with Gasteiger partial charge < -0.3 is 0 Å². The number of hydrogen-bond acceptors (Lipinski definition) is 6. The molecule has 4 aromatic heterocycles. The van der Waals surface area contributed by atoms with Crippen LogP contribution in [-0.2, 0) is 12.4 Å². The molecule has 0 aliphatic heterocycles. The Hall–Kier alpha value is -3.26. The highest BCUT2D eigenvalue weighted by Crippen LogP contribution is 2.33. The number of hydrogen-bond donors (Lipinski definition) is 0. The number of pyridine rings is 2. The van der Waals surface area contributed by atoms with Gasteiger partial charge in [0.25, 0.3) is 0 Å². The van der Waals surface area contributed by atoms with E-state index in [0.717, 1.165) is 22.0 Å². The van der Waals surface area contributed by atoms with E-state index < -0.39 is 23.5 Å². The molecule has 0 aromatic carbocycles. The first kappa shape index (κ1) is 22.0. The predicted octanol–water partition coefficient (Wildman–Crippen LogP) is 4.65. The molecule has 0 aliphatic rings. The topological polar surface area (TPSA) is 87.2 Å². The van der Waals surface area contributed by atoms with Crippen LogP contribution in [0.25, 0.3) is 23.3 Å². The zero-order valence-corrected chi connectivity index (χ0v) is 16.6. The van der Waals surface area contributed by atoms with Gasteiger partial charge in [-0.3, -0.25) is 0 Å². The van der Waals surface area contributed by atoms with E-state index in [-0.39, 0.29) is 33.3 Å². The summed E-state index contributed by atoms with van der Waals surface area (Å²) < 4.78 is 78.6. The first-order chi connectivity index (χ1) is 14.9. The molecule has 0 fully saturated rings. The van der Waals surface area contributed by atoms with Crippen molar-refractivity contribution in [2.75, 3.05) is 0 Å². The summed E-state index contributed by atoms with van der Waals surface area (Å²) in [5, 5.41) is 7.39. The van der Waals surface area contributed by atoms with Gasteiger partial charge in [-0.15, -0.1) is 10.2 Å². The normalized spacial score (nSPS) is 12.4. The SMILES string of the molecule is FC(F)(F)c1cnc(-n2cnc(-c3ncn(-c4ncc(C(F)(F)F)cc4Cl)n3)n2)c(Cl)c1. The molecule has 0 amide bonds. The third kappa shape index (κ3) is 4.23. The molecule has 0 saturated heterocycles. The number of aromatic nitrogens is 8. The minimum Gasteiger partial charge on any atom is -0.235 e. The smallest absolute Gasteiger partial charge is 0.235 e. The molecule has 0 saturated carbocycles. The lowest BCUT2D eigenvalue weighted by Gasteiger charge is -2.08. The second kappa shape index (κ2) is 7.70. The van der Waals surface area contributed by atoms with E-state index in [2.05, 4.69) is 30.1 Å². The molecule has 4 heterocycles. The van der Waals surface area contributed by atoms with Gasteiger partial charge in [-0.1, -0.05) is 23.2 Å². The van der Waals surface area contributed by atoms with Gasteiger partial charge in [-0.25, -0.2) is 29.3 Å². The third-order valence-electron chi connectivity index (χ3n) is 3.92. The van der Waals surface area contributed by atoms with Crippen molar-refractivity contribution in [1.29, 1.82) is 0 Å². The highest BCUT2D eigenvalue weighted by molar-refractivity contribution is 6.32. The van der Waals surface area contributed by atoms with E-state index in [4.69, 9.17) is 23.2 Å². The van der Waals surface area contributed by atoms with Crippen molar-refractivity contribution in [3.8, 4) is 23.3 Å². The molecule has 0 radical (unpaired) electrons. The maximum atomic E-state index is 12.8. The lowest BCUT2D eigenvalue weighted by molar-refractivity contribution is -0.138. The van der Waals surface area contributed by atoms with Crippen molar-refractivity contribution in [3.63, 3.8) is 0 Å². The summed E-state index contributed by atoms with van der Waals surface area (Å²) in [7, 11) is 0. The van der Waals surface area contributed by atoms with E-state index in [1.165, 1.54) is 0 Å². The van der Waals surface area contributed by atoms with E-state index in [1.54, 1.807) is 0 Å². The minimum absolute atomic E-state index is 0.0652. The monoisotopic (exact) mass is 494 g/mol. The lowest BCUT2D eigenvalue weighted by atomic mass is 10.3. The van der Waals surface area contributed by atoms with Gasteiger partial charge in [0.2, 0.25) is 11.6 Å². The van der Waals surface area contributed by atoms with Crippen LogP contribution in [0.15, 0.2) is 37.2 Å². The molecular weight excluding hydrogens is 489 g/mol. The summed E-state index contributed by atoms with van der Waals surface area (Å²) in [4.78, 5) is 15.2. The van der Waals surface area contributed by atoms with Gasteiger partial charge in [-0.05, 0) is 12.1 Å². The quantitative estimate of drug-likeness (QED) is 0.385. The van der Waals surface area contributed by atoms with Gasteiger partial charge in [0.05, 0.1) is 21.2 Å². The maximum absolute atomic E-state index is 12.8. The van der Waals surface area contributed by atoms with Crippen molar-refractivity contribution < 1.29 is 26.3 Å². The largest absolute Gasteiger partial charge is 0.417 e. The van der Waals surface area contributed by atoms with E-state index in [9.17, 15) is 26.3 Å². The van der Waals surface area contributed by atoms with Crippen LogP contribution in [0, 0.1) is 0 Å². The van der Waals surface area contributed by atoms with Crippen LogP contribution in [0.2, 0.25) is 10.0 Å². The minimum atomic E-state index is -4.62. The molecule has 0 bridgehead atoms. The Balaban J connectivity index is 1.62. The Kier molecular flexibility index (Phi) is 5.29. The van der Waals surface area contributed by atoms with Crippen LogP contribution >= 0.6 is 23.2 Å². The molecule has 0 N–H and O–H groups in total. The second-order valence-corrected chi connectivity index (χ2v) is 6.89. The van der Waals surface area contributed by atoms with Gasteiger partial charge in [0.1, 0.15) is 12.7 Å². The molecule has 4 aromatic rings. The molecule has 32 heavy (non-hydrogen) atoms. The highest BCUT2D eigenvalue weighted by Gasteiger charge is 2.33. The number of nitrogens with zero attached hydrogens (tertiary/aromatic N) is 8. The zero-order valence-electron chi connectivity index (χ0n) is 15.1. The molecule has 16 heteroatoms. The number of alkyl halides is 6. The van der Waals surface area contributed by atoms with Crippen LogP contribution in [-0.4, -0.2) is 39.5 Å². The fraction of sp³-hybridized carbons (Fsp3) is 0.125. The highest BCUT2D eigenvalue weighted by atomic mass is 35.5. The zero-order chi connectivity index (χ0) is 23.3. The van der Waals surface area contributed by atoms with Gasteiger partial charge in [0, 0.05) is 12.4 Å². The van der Waals surface area contributed by atoms with Gasteiger partial charge >= 0.3 is 12.4 Å². The molecule has 0 aliphatic carbocycles. The molecule has 8 nitrogen and oxygen atoms in total. The van der Waals surface area contributed by atoms with Crippen LogP contribution in [0.1, 0.15) is 11.1 Å². The summed E-state index contributed by atoms with van der Waals surface area (Å²) in [5.41, 5.74) is -2.07. The molecule has 0 unspecified atom stereocenters. The summed E-state index contributed by atoms with van der Waals surface area (Å²) in [6.45, 7) is 0. The van der Waals surface area contributed by atoms with Gasteiger partial charge in [-0.2, -0.15) is 26.3 Å². The summed E-state index contributed by atoms with van der Waals surface area (Å²) in [5.74, 6) is -0.371. The van der Waals surface area contributed by atoms with Crippen LogP contribution in [0.4, 0.5) is 26.3 Å². The first-order valence-corrected chi connectivity index (χ1v) is 8.99. The molecule has 0 atom stereocenters. The fourth-order valence-electron chi connectivity index (χ4n) is 2.44. The maximum Gasteiger partial charge on any atom is 0.417 e. The van der Waals surface area contributed by atoms with Gasteiger partial charge in [0.15, 0.2) is 11.6 Å².